The van der Waals surface area contributed by atoms with Crippen LogP contribution in [0.5, 0.6) is 0 Å². The van der Waals surface area contributed by atoms with Crippen LogP contribution in [-0.4, -0.2) is 11.4 Å². The van der Waals surface area contributed by atoms with Crippen LogP contribution in [0.4, 0.5) is 11.4 Å². The first-order chi connectivity index (χ1) is 28.2. The summed E-state index contributed by atoms with van der Waals surface area (Å²) in [6.07, 6.45) is 0. The third-order valence-electron chi connectivity index (χ3n) is 13.4. The number of hydrogen-bond donors (Lipinski definition) is 0. The van der Waals surface area contributed by atoms with Crippen molar-refractivity contribution in [3.05, 3.63) is 138 Å². The summed E-state index contributed by atoms with van der Waals surface area (Å²) in [5, 5.41) is 7.71. The number of furan rings is 1. The Bertz CT molecular complexity index is 3450. The summed E-state index contributed by atoms with van der Waals surface area (Å²) in [5.74, 6) is 0. The molecule has 7 aromatic carbocycles. The number of benzene rings is 7. The summed E-state index contributed by atoms with van der Waals surface area (Å²) < 4.78 is 12.1. The lowest BCUT2D eigenvalue weighted by atomic mass is 9.43. The molecule has 0 bridgehead atoms. The number of thiophene rings is 1. The molecule has 5 heteroatoms. The molecule has 0 unspecified atom stereocenters. The summed E-state index contributed by atoms with van der Waals surface area (Å²) in [6.45, 7) is 20.8. The van der Waals surface area contributed by atoms with Crippen molar-refractivity contribution in [2.75, 3.05) is 4.81 Å². The minimum Gasteiger partial charge on any atom is -0.456 e. The second-order valence-corrected chi connectivity index (χ2v) is 21.2. The van der Waals surface area contributed by atoms with Gasteiger partial charge in [-0.1, -0.05) is 129 Å². The maximum atomic E-state index is 6.72. The van der Waals surface area contributed by atoms with Crippen molar-refractivity contribution >= 4 is 104 Å². The molecule has 5 heterocycles. The van der Waals surface area contributed by atoms with Crippen LogP contribution in [0.25, 0.3) is 80.7 Å². The zero-order valence-corrected chi connectivity index (χ0v) is 36.2. The zero-order valence-electron chi connectivity index (χ0n) is 35.3. The number of aromatic nitrogens is 1. The molecule has 10 aromatic rings. The minimum absolute atomic E-state index is 0.00256. The quantitative estimate of drug-likeness (QED) is 0.155. The second-order valence-electron chi connectivity index (χ2n) is 20.2. The molecule has 0 amide bonds. The van der Waals surface area contributed by atoms with Crippen molar-refractivity contribution in [3.8, 4) is 16.8 Å². The van der Waals surface area contributed by atoms with E-state index in [1.54, 1.807) is 0 Å². The lowest BCUT2D eigenvalue weighted by Gasteiger charge is -2.42. The Labute approximate surface area is 350 Å². The van der Waals surface area contributed by atoms with Gasteiger partial charge < -0.3 is 13.8 Å². The van der Waals surface area contributed by atoms with Crippen LogP contribution >= 0.6 is 11.3 Å². The van der Waals surface area contributed by atoms with Gasteiger partial charge in [0.25, 0.3) is 0 Å². The largest absolute Gasteiger partial charge is 0.456 e. The fraction of sp³-hybridized carbons (Fsp3) is 0.222. The summed E-state index contributed by atoms with van der Waals surface area (Å²) in [5.41, 5.74) is 17.4. The van der Waals surface area contributed by atoms with Crippen molar-refractivity contribution < 1.29 is 4.42 Å². The van der Waals surface area contributed by atoms with Crippen molar-refractivity contribution in [1.82, 2.24) is 4.57 Å². The van der Waals surface area contributed by atoms with E-state index >= 15 is 0 Å². The lowest BCUT2D eigenvalue weighted by molar-refractivity contribution is 0.590. The molecule has 2 aliphatic heterocycles. The molecule has 0 N–H and O–H groups in total. The van der Waals surface area contributed by atoms with E-state index < -0.39 is 0 Å². The highest BCUT2D eigenvalue weighted by Gasteiger charge is 2.46. The van der Waals surface area contributed by atoms with Crippen molar-refractivity contribution in [3.63, 3.8) is 0 Å². The lowest BCUT2D eigenvalue weighted by Crippen LogP contribution is -2.60. The topological polar surface area (TPSA) is 21.3 Å². The SMILES string of the molecule is CC(C)(C)c1ccc(N2B3c4cc(C(C)(C)C)ccc4-n4c5ccc(C(C)(C)C)cc5c5c6c(sc7ccccc76)c(c3c54)-c3cc4c(cc32)oc2ccccc24)cc1. The molecular weight excluding hydrogens is 735 g/mol. The Morgan fingerprint density at radius 1 is 0.542 bits per heavy atom. The van der Waals surface area contributed by atoms with Crippen LogP contribution in [-0.2, 0) is 16.2 Å². The van der Waals surface area contributed by atoms with E-state index in [1.807, 2.05) is 11.3 Å². The molecule has 0 fully saturated rings. The number of hydrogen-bond acceptors (Lipinski definition) is 3. The van der Waals surface area contributed by atoms with Gasteiger partial charge in [0.05, 0.1) is 11.0 Å². The molecule has 0 saturated heterocycles. The number of anilines is 2. The normalized spacial score (nSPS) is 14.1. The Kier molecular flexibility index (Phi) is 6.85. The zero-order chi connectivity index (χ0) is 40.5. The summed E-state index contributed by atoms with van der Waals surface area (Å²) in [4.78, 5) is 2.66. The molecule has 288 valence electrons. The van der Waals surface area contributed by atoms with Gasteiger partial charge in [-0.15, -0.1) is 11.3 Å². The maximum Gasteiger partial charge on any atom is 0.333 e. The highest BCUT2D eigenvalue weighted by atomic mass is 32.1. The van der Waals surface area contributed by atoms with E-state index in [-0.39, 0.29) is 23.1 Å². The number of nitrogens with zero attached hydrogens (tertiary/aromatic N) is 2. The molecule has 12 rings (SSSR count). The third kappa shape index (κ3) is 4.77. The van der Waals surface area contributed by atoms with Crippen LogP contribution in [0.2, 0.25) is 0 Å². The van der Waals surface area contributed by atoms with Gasteiger partial charge in [0.2, 0.25) is 0 Å². The average molecular weight is 783 g/mol. The third-order valence-corrected chi connectivity index (χ3v) is 14.6. The molecule has 59 heavy (non-hydrogen) atoms. The molecule has 3 aromatic heterocycles. The Hall–Kier alpha value is -5.78. The van der Waals surface area contributed by atoms with E-state index in [9.17, 15) is 0 Å². The van der Waals surface area contributed by atoms with Crippen molar-refractivity contribution in [2.45, 2.75) is 78.6 Å². The maximum absolute atomic E-state index is 6.72. The minimum atomic E-state index is -0.0897. The van der Waals surface area contributed by atoms with Gasteiger partial charge in [0, 0.05) is 76.0 Å². The Balaban J connectivity index is 1.34. The monoisotopic (exact) mass is 782 g/mol. The van der Waals surface area contributed by atoms with Gasteiger partial charge in [-0.05, 0) is 92.4 Å². The van der Waals surface area contributed by atoms with Gasteiger partial charge in [0.1, 0.15) is 11.2 Å². The van der Waals surface area contributed by atoms with Gasteiger partial charge in [-0.3, -0.25) is 0 Å². The highest BCUT2D eigenvalue weighted by Crippen LogP contribution is 2.54. The summed E-state index contributed by atoms with van der Waals surface area (Å²) >= 11 is 1.96. The standard InChI is InChI=1S/C54H47BN2OS/c1-52(2,3)30-18-22-33(23-19-30)57-42-29-44-36(34-14-10-12-16-43(34)58-44)28-38(42)48-49-50-46(47-35-15-11-13-17-45(35)59-51(47)48)37-26-31(53(4,5)6)20-24-40(37)56(50)41-25-21-32(54(7,8)9)27-39(41)55(49)57/h10-29H,1-9H3. The molecule has 3 nitrogen and oxygen atoms in total. The first kappa shape index (κ1) is 35.2. The predicted octanol–water partition coefficient (Wildman–Crippen LogP) is 14.2. The van der Waals surface area contributed by atoms with Crippen LogP contribution in [0.15, 0.2) is 126 Å². The molecule has 0 radical (unpaired) electrons. The van der Waals surface area contributed by atoms with Crippen LogP contribution < -0.4 is 15.7 Å². The van der Waals surface area contributed by atoms with E-state index in [2.05, 4.69) is 193 Å². The number of fused-ring (bicyclic) bond motifs is 16. The second kappa shape index (κ2) is 11.5. The fourth-order valence-corrected chi connectivity index (χ4v) is 11.6. The molecule has 0 atom stereocenters. The molecule has 2 aliphatic rings. The fourth-order valence-electron chi connectivity index (χ4n) is 10.3. The van der Waals surface area contributed by atoms with E-state index in [4.69, 9.17) is 4.42 Å². The molecular formula is C54H47BN2OS. The molecule has 0 spiro atoms. The van der Waals surface area contributed by atoms with Crippen LogP contribution in [0.1, 0.15) is 79.0 Å². The Morgan fingerprint density at radius 3 is 1.95 bits per heavy atom. The van der Waals surface area contributed by atoms with Crippen molar-refractivity contribution in [1.29, 1.82) is 0 Å². The van der Waals surface area contributed by atoms with E-state index in [1.165, 1.54) is 97.8 Å². The van der Waals surface area contributed by atoms with Crippen LogP contribution in [0.3, 0.4) is 0 Å². The summed E-state index contributed by atoms with van der Waals surface area (Å²) in [6, 6.07) is 46.4. The molecule has 0 aliphatic carbocycles. The first-order valence-electron chi connectivity index (χ1n) is 21.1. The number of para-hydroxylation sites is 1. The predicted molar refractivity (Wildman–Crippen MR) is 256 cm³/mol. The smallest absolute Gasteiger partial charge is 0.333 e. The van der Waals surface area contributed by atoms with Gasteiger partial charge in [-0.25, -0.2) is 0 Å². The Morgan fingerprint density at radius 2 is 1.20 bits per heavy atom. The first-order valence-corrected chi connectivity index (χ1v) is 21.9. The average Bonchev–Trinajstić information content (AvgIpc) is 3.87. The summed E-state index contributed by atoms with van der Waals surface area (Å²) in [7, 11) is 0. The van der Waals surface area contributed by atoms with Crippen LogP contribution in [0, 0.1) is 0 Å². The van der Waals surface area contributed by atoms with Crippen molar-refractivity contribution in [2.24, 2.45) is 0 Å². The number of rotatable bonds is 1. The van der Waals surface area contributed by atoms with E-state index in [0.29, 0.717) is 0 Å². The highest BCUT2D eigenvalue weighted by molar-refractivity contribution is 7.27. The van der Waals surface area contributed by atoms with Gasteiger partial charge in [-0.2, -0.15) is 0 Å². The molecule has 0 saturated carbocycles. The van der Waals surface area contributed by atoms with Gasteiger partial charge in [0.15, 0.2) is 0 Å². The van der Waals surface area contributed by atoms with Gasteiger partial charge >= 0.3 is 6.85 Å². The van der Waals surface area contributed by atoms with E-state index in [0.717, 1.165) is 21.9 Å².